The molecular formula is C17H24N4O3. The summed E-state index contributed by atoms with van der Waals surface area (Å²) >= 11 is 0. The smallest absolute Gasteiger partial charge is 0.332 e. The Morgan fingerprint density at radius 1 is 1.21 bits per heavy atom. The van der Waals surface area contributed by atoms with Crippen molar-refractivity contribution < 1.29 is 4.79 Å². The predicted molar refractivity (Wildman–Crippen MR) is 93.2 cm³/mol. The summed E-state index contributed by atoms with van der Waals surface area (Å²) in [6.07, 6.45) is 2.31. The molecule has 2 aromatic rings. The van der Waals surface area contributed by atoms with Crippen molar-refractivity contribution in [2.75, 3.05) is 7.05 Å². The largest absolute Gasteiger partial charge is 0.339 e. The summed E-state index contributed by atoms with van der Waals surface area (Å²) in [5, 5.41) is 0.260. The molecule has 0 saturated carbocycles. The SMILES string of the molecule is CC(C)C[C@@H](C)N(C)C(=O)c1cnc2c(c1)c(=O)n(C)c(=O)n2C. The van der Waals surface area contributed by atoms with Crippen molar-refractivity contribution in [1.29, 1.82) is 0 Å². The molecule has 0 aliphatic rings. The molecule has 0 fully saturated rings. The molecule has 1 atom stereocenters. The van der Waals surface area contributed by atoms with Crippen LogP contribution in [0.25, 0.3) is 11.0 Å². The van der Waals surface area contributed by atoms with Gasteiger partial charge in [0.15, 0.2) is 0 Å². The van der Waals surface area contributed by atoms with E-state index in [0.717, 1.165) is 11.0 Å². The van der Waals surface area contributed by atoms with E-state index in [9.17, 15) is 14.4 Å². The maximum atomic E-state index is 12.7. The van der Waals surface area contributed by atoms with E-state index in [-0.39, 0.29) is 23.0 Å². The fourth-order valence-corrected chi connectivity index (χ4v) is 2.83. The molecule has 1 amide bonds. The minimum absolute atomic E-state index is 0.0798. The predicted octanol–water partition coefficient (Wildman–Crippen LogP) is 1.14. The van der Waals surface area contributed by atoms with Crippen LogP contribution in [0.1, 0.15) is 37.6 Å². The Balaban J connectivity index is 2.50. The van der Waals surface area contributed by atoms with Crippen LogP contribution in [-0.2, 0) is 14.1 Å². The molecule has 2 heterocycles. The summed E-state index contributed by atoms with van der Waals surface area (Å²) in [6, 6.07) is 1.60. The number of pyridine rings is 1. The number of carbonyl (C=O) groups is 1. The summed E-state index contributed by atoms with van der Waals surface area (Å²) in [5.41, 5.74) is -0.274. The summed E-state index contributed by atoms with van der Waals surface area (Å²) in [5.74, 6) is 0.292. The molecule has 0 aromatic carbocycles. The van der Waals surface area contributed by atoms with Gasteiger partial charge in [0, 0.05) is 33.4 Å². The minimum atomic E-state index is -0.451. The first-order valence-corrected chi connectivity index (χ1v) is 7.98. The molecule has 0 radical (unpaired) electrons. The van der Waals surface area contributed by atoms with Gasteiger partial charge < -0.3 is 4.90 Å². The van der Waals surface area contributed by atoms with E-state index in [1.165, 1.54) is 23.9 Å². The van der Waals surface area contributed by atoms with Gasteiger partial charge in [0.2, 0.25) is 0 Å². The summed E-state index contributed by atoms with van der Waals surface area (Å²) in [6.45, 7) is 6.21. The van der Waals surface area contributed by atoms with Crippen molar-refractivity contribution in [3.05, 3.63) is 38.7 Å². The molecule has 0 unspecified atom stereocenters. The van der Waals surface area contributed by atoms with E-state index in [1.807, 2.05) is 6.92 Å². The summed E-state index contributed by atoms with van der Waals surface area (Å²) < 4.78 is 2.32. The van der Waals surface area contributed by atoms with Gasteiger partial charge in [0.1, 0.15) is 5.65 Å². The van der Waals surface area contributed by atoms with E-state index in [1.54, 1.807) is 19.0 Å². The van der Waals surface area contributed by atoms with Gasteiger partial charge in [-0.3, -0.25) is 18.7 Å². The third-order valence-corrected chi connectivity index (χ3v) is 4.33. The lowest BCUT2D eigenvalue weighted by Crippen LogP contribution is -2.38. The highest BCUT2D eigenvalue weighted by Crippen LogP contribution is 2.14. The van der Waals surface area contributed by atoms with Gasteiger partial charge in [-0.15, -0.1) is 0 Å². The van der Waals surface area contributed by atoms with E-state index in [4.69, 9.17) is 0 Å². The third-order valence-electron chi connectivity index (χ3n) is 4.33. The van der Waals surface area contributed by atoms with Crippen molar-refractivity contribution in [3.63, 3.8) is 0 Å². The maximum absolute atomic E-state index is 12.7. The minimum Gasteiger partial charge on any atom is -0.339 e. The molecule has 0 spiro atoms. The van der Waals surface area contributed by atoms with Gasteiger partial charge >= 0.3 is 5.69 Å². The zero-order valence-corrected chi connectivity index (χ0v) is 15.0. The fourth-order valence-electron chi connectivity index (χ4n) is 2.83. The van der Waals surface area contributed by atoms with E-state index in [2.05, 4.69) is 18.8 Å². The highest BCUT2D eigenvalue weighted by Gasteiger charge is 2.20. The number of amides is 1. The van der Waals surface area contributed by atoms with Crippen LogP contribution in [0.15, 0.2) is 21.9 Å². The monoisotopic (exact) mass is 332 g/mol. The molecule has 2 aromatic heterocycles. The Bertz CT molecular complexity index is 895. The molecule has 2 rings (SSSR count). The quantitative estimate of drug-likeness (QED) is 0.841. The van der Waals surface area contributed by atoms with E-state index in [0.29, 0.717) is 11.5 Å². The van der Waals surface area contributed by atoms with E-state index >= 15 is 0 Å². The lowest BCUT2D eigenvalue weighted by Gasteiger charge is -2.26. The van der Waals surface area contributed by atoms with Gasteiger partial charge in [-0.05, 0) is 25.3 Å². The number of hydrogen-bond donors (Lipinski definition) is 0. The zero-order valence-electron chi connectivity index (χ0n) is 15.0. The average molecular weight is 332 g/mol. The number of hydrogen-bond acceptors (Lipinski definition) is 4. The van der Waals surface area contributed by atoms with Crippen LogP contribution in [0.2, 0.25) is 0 Å². The molecular weight excluding hydrogens is 308 g/mol. The molecule has 130 valence electrons. The van der Waals surface area contributed by atoms with Gasteiger partial charge in [0.25, 0.3) is 11.5 Å². The Labute approximate surface area is 140 Å². The second-order valence-corrected chi connectivity index (χ2v) is 6.70. The highest BCUT2D eigenvalue weighted by molar-refractivity contribution is 5.96. The van der Waals surface area contributed by atoms with E-state index < -0.39 is 11.2 Å². The lowest BCUT2D eigenvalue weighted by atomic mass is 10.0. The van der Waals surface area contributed by atoms with Crippen LogP contribution >= 0.6 is 0 Å². The molecule has 0 aliphatic carbocycles. The van der Waals surface area contributed by atoms with Crippen LogP contribution < -0.4 is 11.2 Å². The number of fused-ring (bicyclic) bond motifs is 1. The van der Waals surface area contributed by atoms with Crippen molar-refractivity contribution in [2.45, 2.75) is 33.2 Å². The normalized spacial score (nSPS) is 12.6. The molecule has 0 aliphatic heterocycles. The van der Waals surface area contributed by atoms with Gasteiger partial charge in [-0.1, -0.05) is 13.8 Å². The van der Waals surface area contributed by atoms with Gasteiger partial charge in [-0.25, -0.2) is 9.78 Å². The Kier molecular flexibility index (Phi) is 4.91. The van der Waals surface area contributed by atoms with Crippen molar-refractivity contribution in [2.24, 2.45) is 20.0 Å². The Morgan fingerprint density at radius 3 is 2.42 bits per heavy atom. The first-order valence-electron chi connectivity index (χ1n) is 7.98. The Morgan fingerprint density at radius 2 is 1.83 bits per heavy atom. The number of aromatic nitrogens is 3. The van der Waals surface area contributed by atoms with Crippen LogP contribution in [0.3, 0.4) is 0 Å². The topological polar surface area (TPSA) is 77.2 Å². The van der Waals surface area contributed by atoms with Crippen molar-refractivity contribution >= 4 is 16.9 Å². The molecule has 0 saturated heterocycles. The first-order chi connectivity index (χ1) is 11.1. The molecule has 0 N–H and O–H groups in total. The second kappa shape index (κ2) is 6.59. The summed E-state index contributed by atoms with van der Waals surface area (Å²) in [4.78, 5) is 42.7. The lowest BCUT2D eigenvalue weighted by molar-refractivity contribution is 0.0728. The fraction of sp³-hybridized carbons (Fsp3) is 0.529. The number of nitrogens with zero attached hydrogens (tertiary/aromatic N) is 4. The average Bonchev–Trinajstić information content (AvgIpc) is 2.55. The number of carbonyl (C=O) groups excluding carboxylic acids is 1. The maximum Gasteiger partial charge on any atom is 0.332 e. The number of rotatable bonds is 4. The van der Waals surface area contributed by atoms with Crippen molar-refractivity contribution in [1.82, 2.24) is 19.0 Å². The van der Waals surface area contributed by atoms with Crippen LogP contribution in [-0.4, -0.2) is 38.0 Å². The molecule has 24 heavy (non-hydrogen) atoms. The number of aryl methyl sites for hydroxylation is 1. The van der Waals surface area contributed by atoms with Crippen LogP contribution in [0.4, 0.5) is 0 Å². The third kappa shape index (κ3) is 3.11. The first kappa shape index (κ1) is 17.9. The molecule has 7 heteroatoms. The van der Waals surface area contributed by atoms with Gasteiger partial charge in [0.05, 0.1) is 10.9 Å². The zero-order chi connectivity index (χ0) is 18.2. The van der Waals surface area contributed by atoms with Crippen LogP contribution in [0, 0.1) is 5.92 Å². The summed E-state index contributed by atoms with van der Waals surface area (Å²) in [7, 11) is 4.71. The Hall–Kier alpha value is -2.44. The highest BCUT2D eigenvalue weighted by atomic mass is 16.2. The molecule has 0 bridgehead atoms. The van der Waals surface area contributed by atoms with Crippen molar-refractivity contribution in [3.8, 4) is 0 Å². The molecule has 7 nitrogen and oxygen atoms in total. The van der Waals surface area contributed by atoms with Crippen LogP contribution in [0.5, 0.6) is 0 Å². The second-order valence-electron chi connectivity index (χ2n) is 6.70. The van der Waals surface area contributed by atoms with Gasteiger partial charge in [-0.2, -0.15) is 0 Å². The standard InChI is InChI=1S/C17H24N4O3/c1-10(2)7-11(3)19(4)15(22)12-8-13-14(18-9-12)20(5)17(24)21(6)16(13)23/h8-11H,7H2,1-6H3/t11-/m1/s1.